The molecule has 1 amide bonds. The summed E-state index contributed by atoms with van der Waals surface area (Å²) < 4.78 is 6.04. The summed E-state index contributed by atoms with van der Waals surface area (Å²) in [6.45, 7) is 4.59. The first-order chi connectivity index (χ1) is 12.1. The molecule has 5 heteroatoms. The number of rotatable bonds is 7. The van der Waals surface area contributed by atoms with Crippen molar-refractivity contribution in [3.63, 3.8) is 0 Å². The molecule has 0 unspecified atom stereocenters. The monoisotopic (exact) mass is 340 g/mol. The first-order valence-electron chi connectivity index (χ1n) is 8.21. The van der Waals surface area contributed by atoms with Crippen molar-refractivity contribution >= 4 is 11.6 Å². The molecule has 0 bridgehead atoms. The van der Waals surface area contributed by atoms with Gasteiger partial charge in [0.1, 0.15) is 19.5 Å². The second-order valence-corrected chi connectivity index (χ2v) is 5.84. The smallest absolute Gasteiger partial charge is 0.273 e. The summed E-state index contributed by atoms with van der Waals surface area (Å²) in [5.74, 6) is 0.900. The Morgan fingerprint density at radius 1 is 1.12 bits per heavy atom. The molecule has 2 aromatic rings. The minimum atomic E-state index is -0.308. The number of likely N-dealkylation sites (N-methyl/N-ethyl adjacent to an activating group) is 1. The van der Waals surface area contributed by atoms with E-state index in [0.717, 1.165) is 16.9 Å². The average Bonchev–Trinajstić information content (AvgIpc) is 2.64. The Morgan fingerprint density at radius 3 is 2.48 bits per heavy atom. The van der Waals surface area contributed by atoms with Gasteiger partial charge in [-0.1, -0.05) is 61.5 Å². The van der Waals surface area contributed by atoms with Crippen LogP contribution >= 0.6 is 0 Å². The van der Waals surface area contributed by atoms with Gasteiger partial charge in [-0.25, -0.2) is 0 Å². The van der Waals surface area contributed by atoms with Crippen molar-refractivity contribution < 1.29 is 14.4 Å². The van der Waals surface area contributed by atoms with Crippen molar-refractivity contribution in [1.29, 1.82) is 0 Å². The van der Waals surface area contributed by atoms with Gasteiger partial charge in [0.05, 0.1) is 0 Å². The number of carbonyl (C=O) groups excluding carboxylic acids is 1. The van der Waals surface area contributed by atoms with Crippen LogP contribution < -0.4 is 10.1 Å². The molecule has 25 heavy (non-hydrogen) atoms. The highest BCUT2D eigenvalue weighted by molar-refractivity contribution is 6.45. The zero-order valence-electron chi connectivity index (χ0n) is 15.1. The molecule has 1 N–H and O–H groups in total. The van der Waals surface area contributed by atoms with E-state index in [0.29, 0.717) is 18.1 Å². The largest absolute Gasteiger partial charge is 0.489 e. The van der Waals surface area contributed by atoms with Crippen LogP contribution in [0.2, 0.25) is 0 Å². The van der Waals surface area contributed by atoms with Crippen molar-refractivity contribution in [3.05, 3.63) is 65.2 Å². The van der Waals surface area contributed by atoms with Gasteiger partial charge in [0.15, 0.2) is 5.71 Å². The lowest BCUT2D eigenvalue weighted by molar-refractivity contribution is -0.114. The molecule has 0 spiro atoms. The van der Waals surface area contributed by atoms with E-state index >= 15 is 0 Å². The van der Waals surface area contributed by atoms with Gasteiger partial charge in [0.2, 0.25) is 0 Å². The molecule has 2 aromatic carbocycles. The molecular weight excluding hydrogens is 316 g/mol. The topological polar surface area (TPSA) is 59.9 Å². The number of amides is 1. The first-order valence-corrected chi connectivity index (χ1v) is 8.21. The van der Waals surface area contributed by atoms with Crippen LogP contribution in [0.1, 0.15) is 36.5 Å². The Bertz CT molecular complexity index is 754. The van der Waals surface area contributed by atoms with Crippen LogP contribution in [0.3, 0.4) is 0 Å². The summed E-state index contributed by atoms with van der Waals surface area (Å²) in [6, 6.07) is 15.5. The van der Waals surface area contributed by atoms with Gasteiger partial charge in [-0.05, 0) is 23.1 Å². The molecule has 132 valence electrons. The average molecular weight is 340 g/mol. The van der Waals surface area contributed by atoms with E-state index in [4.69, 9.17) is 9.57 Å². The van der Waals surface area contributed by atoms with E-state index in [1.54, 1.807) is 7.05 Å². The minimum absolute atomic E-state index is 0.223. The van der Waals surface area contributed by atoms with Gasteiger partial charge in [-0.3, -0.25) is 4.79 Å². The van der Waals surface area contributed by atoms with Crippen LogP contribution in [0.25, 0.3) is 0 Å². The molecule has 5 nitrogen and oxygen atoms in total. The lowest BCUT2D eigenvalue weighted by atomic mass is 10.0. The number of oxime groups is 1. The fourth-order valence-electron chi connectivity index (χ4n) is 2.54. The Morgan fingerprint density at radius 2 is 1.80 bits per heavy atom. The molecule has 0 fully saturated rings. The van der Waals surface area contributed by atoms with E-state index in [2.05, 4.69) is 30.4 Å². The molecule has 0 heterocycles. The Labute approximate surface area is 148 Å². The van der Waals surface area contributed by atoms with Gasteiger partial charge < -0.3 is 14.9 Å². The number of nitrogens with zero attached hydrogens (tertiary/aromatic N) is 1. The van der Waals surface area contributed by atoms with Gasteiger partial charge in [-0.15, -0.1) is 0 Å². The molecule has 0 saturated heterocycles. The lowest BCUT2D eigenvalue weighted by Gasteiger charge is -2.15. The van der Waals surface area contributed by atoms with Crippen molar-refractivity contribution in [2.45, 2.75) is 26.4 Å². The molecule has 0 saturated carbocycles. The highest BCUT2D eigenvalue weighted by Gasteiger charge is 2.18. The van der Waals surface area contributed by atoms with E-state index in [9.17, 15) is 4.79 Å². The van der Waals surface area contributed by atoms with Crippen LogP contribution in [0.4, 0.5) is 0 Å². The lowest BCUT2D eigenvalue weighted by Crippen LogP contribution is -2.29. The number of hydrogen-bond donors (Lipinski definition) is 1. The number of nitrogens with one attached hydrogen (secondary N) is 1. The summed E-state index contributed by atoms with van der Waals surface area (Å²) >= 11 is 0. The zero-order chi connectivity index (χ0) is 18.2. The molecule has 0 aliphatic carbocycles. The van der Waals surface area contributed by atoms with Crippen LogP contribution in [0.5, 0.6) is 5.75 Å². The van der Waals surface area contributed by atoms with Gasteiger partial charge >= 0.3 is 0 Å². The summed E-state index contributed by atoms with van der Waals surface area (Å²) in [5, 5.41) is 6.46. The maximum Gasteiger partial charge on any atom is 0.273 e. The fraction of sp³-hybridized carbons (Fsp3) is 0.300. The van der Waals surface area contributed by atoms with Crippen LogP contribution in [0, 0.1) is 0 Å². The van der Waals surface area contributed by atoms with Crippen molar-refractivity contribution in [1.82, 2.24) is 5.32 Å². The third-order valence-electron chi connectivity index (χ3n) is 3.82. The highest BCUT2D eigenvalue weighted by Crippen LogP contribution is 2.27. The maximum absolute atomic E-state index is 12.1. The van der Waals surface area contributed by atoms with Crippen molar-refractivity contribution in [2.75, 3.05) is 14.2 Å². The number of hydrogen-bond acceptors (Lipinski definition) is 4. The van der Waals surface area contributed by atoms with E-state index in [1.165, 1.54) is 7.11 Å². The predicted octanol–water partition coefficient (Wildman–Crippen LogP) is 3.49. The SMILES string of the molecule is CNC(=O)/C(=N/OC)c1ccccc1COc1ccccc1C(C)C. The van der Waals surface area contributed by atoms with Crippen LogP contribution in [0.15, 0.2) is 53.7 Å². The molecule has 0 aromatic heterocycles. The van der Waals surface area contributed by atoms with E-state index < -0.39 is 0 Å². The molecule has 0 aliphatic heterocycles. The second-order valence-electron chi connectivity index (χ2n) is 5.84. The van der Waals surface area contributed by atoms with E-state index in [1.807, 2.05) is 42.5 Å². The minimum Gasteiger partial charge on any atom is -0.489 e. The normalized spacial score (nSPS) is 11.3. The molecule has 0 aliphatic rings. The highest BCUT2D eigenvalue weighted by atomic mass is 16.6. The third kappa shape index (κ3) is 4.59. The summed E-state index contributed by atoms with van der Waals surface area (Å²) in [4.78, 5) is 16.9. The van der Waals surface area contributed by atoms with Crippen molar-refractivity contribution in [2.24, 2.45) is 5.16 Å². The third-order valence-corrected chi connectivity index (χ3v) is 3.82. The Kier molecular flexibility index (Phi) is 6.57. The standard InChI is InChI=1S/C20H24N2O3/c1-14(2)16-10-7-8-12-18(16)25-13-15-9-5-6-11-17(15)19(22-24-4)20(23)21-3/h5-12,14H,13H2,1-4H3,(H,21,23)/b22-19+. The number of para-hydroxylation sites is 1. The van der Waals surface area contributed by atoms with Gasteiger partial charge in [0.25, 0.3) is 5.91 Å². The van der Waals surface area contributed by atoms with E-state index in [-0.39, 0.29) is 11.6 Å². The quantitative estimate of drug-likeness (QED) is 0.620. The summed E-state index contributed by atoms with van der Waals surface area (Å²) in [7, 11) is 2.98. The van der Waals surface area contributed by atoms with Gasteiger partial charge in [-0.2, -0.15) is 0 Å². The summed E-state index contributed by atoms with van der Waals surface area (Å²) in [6.07, 6.45) is 0. The van der Waals surface area contributed by atoms with Crippen molar-refractivity contribution in [3.8, 4) is 5.75 Å². The first kappa shape index (κ1) is 18.5. The summed E-state index contributed by atoms with van der Waals surface area (Å²) in [5.41, 5.74) is 2.92. The molecule has 0 radical (unpaired) electrons. The van der Waals surface area contributed by atoms with Gasteiger partial charge in [0, 0.05) is 12.6 Å². The molecule has 0 atom stereocenters. The van der Waals surface area contributed by atoms with Crippen LogP contribution in [-0.4, -0.2) is 25.8 Å². The zero-order valence-corrected chi connectivity index (χ0v) is 15.1. The fourth-order valence-corrected chi connectivity index (χ4v) is 2.54. The Balaban J connectivity index is 2.30. The van der Waals surface area contributed by atoms with Crippen LogP contribution in [-0.2, 0) is 16.2 Å². The number of benzene rings is 2. The Hall–Kier alpha value is -2.82. The number of ether oxygens (including phenoxy) is 1. The maximum atomic E-state index is 12.1. The number of carbonyl (C=O) groups is 1. The second kappa shape index (κ2) is 8.87. The molecular formula is C20H24N2O3. The molecule has 2 rings (SSSR count). The predicted molar refractivity (Wildman–Crippen MR) is 98.9 cm³/mol.